The first-order chi connectivity index (χ1) is 14.8. The maximum Gasteiger partial charge on any atom is 0.573 e. The van der Waals surface area contributed by atoms with Crippen molar-refractivity contribution in [3.8, 4) is 5.75 Å². The molecule has 3 rings (SSSR count). The van der Waals surface area contributed by atoms with E-state index in [4.69, 9.17) is 0 Å². The Kier molecular flexibility index (Phi) is 6.85. The zero-order valence-electron chi connectivity index (χ0n) is 16.4. The summed E-state index contributed by atoms with van der Waals surface area (Å²) in [4.78, 5) is 24.9. The van der Waals surface area contributed by atoms with Crippen molar-refractivity contribution in [2.24, 2.45) is 0 Å². The Labute approximate surface area is 175 Å². The predicted octanol–water partition coefficient (Wildman–Crippen LogP) is 3.66. The minimum atomic E-state index is -4.82. The third kappa shape index (κ3) is 7.14. The van der Waals surface area contributed by atoms with Crippen molar-refractivity contribution in [1.29, 1.82) is 0 Å². The van der Waals surface area contributed by atoms with Gasteiger partial charge in [0.2, 0.25) is 0 Å². The molecule has 2 heterocycles. The number of ether oxygens (including phenoxy) is 1. The van der Waals surface area contributed by atoms with Gasteiger partial charge in [0.25, 0.3) is 5.91 Å². The fourth-order valence-corrected chi connectivity index (χ4v) is 2.59. The van der Waals surface area contributed by atoms with E-state index in [-0.39, 0.29) is 12.1 Å². The van der Waals surface area contributed by atoms with E-state index in [0.717, 1.165) is 12.1 Å². The van der Waals surface area contributed by atoms with Crippen molar-refractivity contribution in [2.75, 3.05) is 23.7 Å². The van der Waals surface area contributed by atoms with E-state index in [1.165, 1.54) is 12.1 Å². The van der Waals surface area contributed by atoms with Gasteiger partial charge in [-0.15, -0.1) is 13.2 Å². The quantitative estimate of drug-likeness (QED) is 0.467. The molecule has 0 atom stereocenters. The molecule has 0 radical (unpaired) electrons. The first kappa shape index (κ1) is 21.8. The Bertz CT molecular complexity index is 1030. The van der Waals surface area contributed by atoms with Gasteiger partial charge in [0.1, 0.15) is 29.0 Å². The number of carbonyl (C=O) groups excluding carboxylic acids is 1. The number of benzene rings is 1. The van der Waals surface area contributed by atoms with Gasteiger partial charge in [0, 0.05) is 30.9 Å². The molecule has 0 aliphatic rings. The van der Waals surface area contributed by atoms with Crippen LogP contribution in [0.3, 0.4) is 0 Å². The number of anilines is 3. The monoisotopic (exact) mass is 432 g/mol. The summed E-state index contributed by atoms with van der Waals surface area (Å²) in [7, 11) is 0. The minimum Gasteiger partial charge on any atom is -0.406 e. The molecule has 0 saturated carbocycles. The number of carbonyl (C=O) groups is 1. The van der Waals surface area contributed by atoms with Gasteiger partial charge in [-0.05, 0) is 37.3 Å². The van der Waals surface area contributed by atoms with Crippen molar-refractivity contribution >= 4 is 23.4 Å². The number of rotatable bonds is 8. The lowest BCUT2D eigenvalue weighted by molar-refractivity contribution is -0.274. The molecule has 3 N–H and O–H groups in total. The number of hydrogen-bond acceptors (Lipinski definition) is 7. The number of nitrogens with one attached hydrogen (secondary N) is 3. The van der Waals surface area contributed by atoms with Crippen LogP contribution in [-0.4, -0.2) is 40.3 Å². The molecule has 0 bridgehead atoms. The maximum atomic E-state index is 12.3. The van der Waals surface area contributed by atoms with Crippen molar-refractivity contribution < 1.29 is 22.7 Å². The summed E-state index contributed by atoms with van der Waals surface area (Å²) < 4.78 is 40.8. The summed E-state index contributed by atoms with van der Waals surface area (Å²) in [6.07, 6.45) is -3.16. The summed E-state index contributed by atoms with van der Waals surface area (Å²) in [6, 6.07) is 12.0. The molecule has 0 spiro atoms. The van der Waals surface area contributed by atoms with Gasteiger partial charge in [-0.2, -0.15) is 0 Å². The van der Waals surface area contributed by atoms with Crippen molar-refractivity contribution in [1.82, 2.24) is 20.3 Å². The highest BCUT2D eigenvalue weighted by atomic mass is 19.4. The summed E-state index contributed by atoms with van der Waals surface area (Å²) >= 11 is 0. The van der Waals surface area contributed by atoms with Gasteiger partial charge >= 0.3 is 6.36 Å². The molecule has 0 aliphatic heterocycles. The van der Waals surface area contributed by atoms with Crippen LogP contribution in [0, 0.1) is 6.92 Å². The third-order valence-corrected chi connectivity index (χ3v) is 3.81. The van der Waals surface area contributed by atoms with Crippen LogP contribution in [0.25, 0.3) is 0 Å². The average Bonchev–Trinajstić information content (AvgIpc) is 2.70. The summed E-state index contributed by atoms with van der Waals surface area (Å²) in [5.41, 5.74) is 0.0569. The molecule has 162 valence electrons. The molecular weight excluding hydrogens is 413 g/mol. The number of nitrogens with zero attached hydrogens (tertiary/aromatic N) is 3. The first-order valence-corrected chi connectivity index (χ1v) is 9.20. The number of alkyl halides is 3. The van der Waals surface area contributed by atoms with E-state index in [1.807, 2.05) is 6.07 Å². The van der Waals surface area contributed by atoms with Gasteiger partial charge in [0.15, 0.2) is 0 Å². The Morgan fingerprint density at radius 3 is 2.55 bits per heavy atom. The van der Waals surface area contributed by atoms with Crippen molar-refractivity contribution in [3.05, 3.63) is 66.1 Å². The molecule has 1 aromatic carbocycles. The van der Waals surface area contributed by atoms with Gasteiger partial charge in [0.05, 0.1) is 0 Å². The number of pyridine rings is 1. The maximum absolute atomic E-state index is 12.3. The van der Waals surface area contributed by atoms with Gasteiger partial charge in [-0.1, -0.05) is 12.1 Å². The largest absolute Gasteiger partial charge is 0.573 e. The van der Waals surface area contributed by atoms with Crippen LogP contribution >= 0.6 is 0 Å². The molecule has 0 unspecified atom stereocenters. The fourth-order valence-electron chi connectivity index (χ4n) is 2.59. The lowest BCUT2D eigenvalue weighted by Crippen LogP contribution is -2.29. The lowest BCUT2D eigenvalue weighted by atomic mass is 10.2. The van der Waals surface area contributed by atoms with Crippen LogP contribution in [0.15, 0.2) is 54.7 Å². The van der Waals surface area contributed by atoms with E-state index in [1.54, 1.807) is 31.3 Å². The standard InChI is InChI=1S/C20H19F3N6O2/c1-13-27-17(12-18(28-13)29-16-7-2-3-8-24-16)25-9-10-26-19(30)14-5-4-6-15(11-14)31-20(21,22)23/h2-8,11-12H,9-10H2,1H3,(H,26,30)(H2,24,25,27,28,29). The number of hydrogen-bond donors (Lipinski definition) is 3. The van der Waals surface area contributed by atoms with Crippen LogP contribution in [0.4, 0.5) is 30.6 Å². The molecule has 2 aromatic heterocycles. The first-order valence-electron chi connectivity index (χ1n) is 9.20. The molecule has 1 amide bonds. The molecule has 0 fully saturated rings. The van der Waals surface area contributed by atoms with Crippen LogP contribution < -0.4 is 20.7 Å². The van der Waals surface area contributed by atoms with Crippen molar-refractivity contribution in [3.63, 3.8) is 0 Å². The minimum absolute atomic E-state index is 0.0569. The number of halogens is 3. The van der Waals surface area contributed by atoms with E-state index in [9.17, 15) is 18.0 Å². The second-order valence-corrected chi connectivity index (χ2v) is 6.28. The van der Waals surface area contributed by atoms with Crippen LogP contribution in [0.1, 0.15) is 16.2 Å². The van der Waals surface area contributed by atoms with Crippen LogP contribution in [0.5, 0.6) is 5.75 Å². The third-order valence-electron chi connectivity index (χ3n) is 3.81. The predicted molar refractivity (Wildman–Crippen MR) is 108 cm³/mol. The Balaban J connectivity index is 1.51. The highest BCUT2D eigenvalue weighted by Crippen LogP contribution is 2.23. The van der Waals surface area contributed by atoms with Crippen LogP contribution in [-0.2, 0) is 0 Å². The van der Waals surface area contributed by atoms with E-state index >= 15 is 0 Å². The number of aryl methyl sites for hydroxylation is 1. The van der Waals surface area contributed by atoms with E-state index in [0.29, 0.717) is 29.8 Å². The molecule has 31 heavy (non-hydrogen) atoms. The van der Waals surface area contributed by atoms with Gasteiger partial charge in [-0.3, -0.25) is 4.79 Å². The Morgan fingerprint density at radius 2 is 1.81 bits per heavy atom. The van der Waals surface area contributed by atoms with E-state index < -0.39 is 18.0 Å². The smallest absolute Gasteiger partial charge is 0.406 e. The summed E-state index contributed by atoms with van der Waals surface area (Å²) in [5.74, 6) is 1.29. The topological polar surface area (TPSA) is 101 Å². The number of amides is 1. The second kappa shape index (κ2) is 9.74. The highest BCUT2D eigenvalue weighted by molar-refractivity contribution is 5.94. The molecule has 3 aromatic rings. The van der Waals surface area contributed by atoms with Crippen molar-refractivity contribution in [2.45, 2.75) is 13.3 Å². The average molecular weight is 432 g/mol. The normalized spacial score (nSPS) is 11.0. The molecular formula is C20H19F3N6O2. The van der Waals surface area contributed by atoms with Gasteiger partial charge in [-0.25, -0.2) is 15.0 Å². The Hall–Kier alpha value is -3.89. The van der Waals surface area contributed by atoms with Crippen LogP contribution in [0.2, 0.25) is 0 Å². The van der Waals surface area contributed by atoms with Gasteiger partial charge < -0.3 is 20.7 Å². The summed E-state index contributed by atoms with van der Waals surface area (Å²) in [6.45, 7) is 2.30. The van der Waals surface area contributed by atoms with E-state index in [2.05, 4.69) is 35.6 Å². The molecule has 0 saturated heterocycles. The zero-order chi connectivity index (χ0) is 22.3. The SMILES string of the molecule is Cc1nc(NCCNC(=O)c2cccc(OC(F)(F)F)c2)cc(Nc2ccccn2)n1. The lowest BCUT2D eigenvalue weighted by Gasteiger charge is -2.11. The molecule has 11 heteroatoms. The number of aromatic nitrogens is 3. The zero-order valence-corrected chi connectivity index (χ0v) is 16.4. The molecule has 8 nitrogen and oxygen atoms in total. The summed E-state index contributed by atoms with van der Waals surface area (Å²) in [5, 5.41) is 8.76. The molecule has 0 aliphatic carbocycles. The second-order valence-electron chi connectivity index (χ2n) is 6.28. The fraction of sp³-hybridized carbons (Fsp3) is 0.200. The highest BCUT2D eigenvalue weighted by Gasteiger charge is 2.31. The Morgan fingerprint density at radius 1 is 1.00 bits per heavy atom.